The van der Waals surface area contributed by atoms with Gasteiger partial charge < -0.3 is 10.0 Å². The number of carboxylic acid groups (broad SMARTS) is 1. The molecule has 0 fully saturated rings. The first-order valence-electron chi connectivity index (χ1n) is 8.62. The molecular formula is C21H24N2O2. The Labute approximate surface area is 148 Å². The van der Waals surface area contributed by atoms with Gasteiger partial charge in [-0.05, 0) is 66.6 Å². The molecule has 0 bridgehead atoms. The minimum absolute atomic E-state index is 0.145. The average molecular weight is 336 g/mol. The van der Waals surface area contributed by atoms with Crippen LogP contribution in [0.4, 0.5) is 11.5 Å². The molecule has 0 atom stereocenters. The number of benzene rings is 1. The minimum Gasteiger partial charge on any atom is -0.478 e. The van der Waals surface area contributed by atoms with E-state index in [-0.39, 0.29) is 11.0 Å². The molecule has 1 aromatic heterocycles. The predicted octanol–water partition coefficient (Wildman–Crippen LogP) is 5.02. The summed E-state index contributed by atoms with van der Waals surface area (Å²) in [6.45, 7) is 9.54. The number of rotatable bonds is 4. The number of carbonyl (C=O) groups is 1. The van der Waals surface area contributed by atoms with Crippen LogP contribution >= 0.6 is 0 Å². The van der Waals surface area contributed by atoms with E-state index in [1.54, 1.807) is 12.1 Å². The van der Waals surface area contributed by atoms with Crippen LogP contribution < -0.4 is 4.90 Å². The third kappa shape index (κ3) is 3.16. The van der Waals surface area contributed by atoms with Crippen LogP contribution in [0.5, 0.6) is 0 Å². The van der Waals surface area contributed by atoms with Gasteiger partial charge in [0.05, 0.1) is 5.56 Å². The normalized spacial score (nSPS) is 15.3. The summed E-state index contributed by atoms with van der Waals surface area (Å²) in [4.78, 5) is 17.5. The largest absolute Gasteiger partial charge is 0.478 e. The highest BCUT2D eigenvalue weighted by Crippen LogP contribution is 2.40. The van der Waals surface area contributed by atoms with Crippen LogP contribution in [-0.2, 0) is 5.41 Å². The quantitative estimate of drug-likeness (QED) is 0.851. The second kappa shape index (κ2) is 6.36. The van der Waals surface area contributed by atoms with Gasteiger partial charge in [-0.2, -0.15) is 0 Å². The van der Waals surface area contributed by atoms with Gasteiger partial charge in [-0.25, -0.2) is 9.78 Å². The number of hydrogen-bond donors (Lipinski definition) is 1. The van der Waals surface area contributed by atoms with Crippen molar-refractivity contribution in [2.24, 2.45) is 0 Å². The van der Waals surface area contributed by atoms with Gasteiger partial charge in [0.2, 0.25) is 0 Å². The zero-order valence-corrected chi connectivity index (χ0v) is 15.2. The Balaban J connectivity index is 2.01. The summed E-state index contributed by atoms with van der Waals surface area (Å²) in [5, 5.41) is 9.04. The number of nitrogens with zero attached hydrogens (tertiary/aromatic N) is 2. The molecule has 1 N–H and O–H groups in total. The predicted molar refractivity (Wildman–Crippen MR) is 102 cm³/mol. The van der Waals surface area contributed by atoms with E-state index in [0.717, 1.165) is 24.5 Å². The summed E-state index contributed by atoms with van der Waals surface area (Å²) in [7, 11) is 0. The number of aromatic nitrogens is 1. The maximum absolute atomic E-state index is 11.0. The Morgan fingerprint density at radius 1 is 1.28 bits per heavy atom. The molecule has 25 heavy (non-hydrogen) atoms. The van der Waals surface area contributed by atoms with Gasteiger partial charge >= 0.3 is 5.97 Å². The van der Waals surface area contributed by atoms with Crippen molar-refractivity contribution in [2.75, 3.05) is 11.4 Å². The van der Waals surface area contributed by atoms with Crippen LogP contribution in [-0.4, -0.2) is 22.6 Å². The molecule has 0 saturated carbocycles. The van der Waals surface area contributed by atoms with Crippen molar-refractivity contribution in [2.45, 2.75) is 39.5 Å². The Morgan fingerprint density at radius 3 is 2.64 bits per heavy atom. The molecule has 0 radical (unpaired) electrons. The van der Waals surface area contributed by atoms with Crippen LogP contribution in [0.15, 0.2) is 42.6 Å². The highest BCUT2D eigenvalue weighted by Gasteiger charge is 2.27. The first-order chi connectivity index (χ1) is 11.8. The van der Waals surface area contributed by atoms with Crippen LogP contribution in [0.2, 0.25) is 0 Å². The van der Waals surface area contributed by atoms with Gasteiger partial charge in [-0.3, -0.25) is 0 Å². The van der Waals surface area contributed by atoms with E-state index in [4.69, 9.17) is 5.11 Å². The molecule has 0 amide bonds. The maximum Gasteiger partial charge on any atom is 0.337 e. The van der Waals surface area contributed by atoms with E-state index in [0.29, 0.717) is 0 Å². The Bertz CT molecular complexity index is 835. The highest BCUT2D eigenvalue weighted by atomic mass is 16.4. The van der Waals surface area contributed by atoms with Gasteiger partial charge in [0, 0.05) is 18.4 Å². The van der Waals surface area contributed by atoms with Crippen LogP contribution in [0.3, 0.4) is 0 Å². The van der Waals surface area contributed by atoms with E-state index in [9.17, 15) is 4.79 Å². The molecule has 1 aromatic carbocycles. The van der Waals surface area contributed by atoms with Crippen molar-refractivity contribution in [3.8, 4) is 0 Å². The SMILES string of the molecule is CCN(c1ccc2c(c1)C(C)=CCC2(C)C)c1ccc(C(=O)O)cn1. The van der Waals surface area contributed by atoms with Gasteiger partial charge in [0.1, 0.15) is 5.82 Å². The van der Waals surface area contributed by atoms with Crippen molar-refractivity contribution in [3.63, 3.8) is 0 Å². The fourth-order valence-corrected chi connectivity index (χ4v) is 3.39. The molecule has 1 heterocycles. The summed E-state index contributed by atoms with van der Waals surface area (Å²) in [5.41, 5.74) is 5.39. The number of fused-ring (bicyclic) bond motifs is 1. The topological polar surface area (TPSA) is 53.4 Å². The number of pyridine rings is 1. The summed E-state index contributed by atoms with van der Waals surface area (Å²) in [6, 6.07) is 9.93. The molecular weight excluding hydrogens is 312 g/mol. The number of anilines is 2. The van der Waals surface area contributed by atoms with Crippen LogP contribution in [0.25, 0.3) is 5.57 Å². The second-order valence-corrected chi connectivity index (χ2v) is 7.16. The van der Waals surface area contributed by atoms with Crippen LogP contribution in [0, 0.1) is 0 Å². The monoisotopic (exact) mass is 336 g/mol. The zero-order valence-electron chi connectivity index (χ0n) is 15.2. The smallest absolute Gasteiger partial charge is 0.337 e. The lowest BCUT2D eigenvalue weighted by Gasteiger charge is -2.33. The Hall–Kier alpha value is -2.62. The molecule has 0 aliphatic heterocycles. The molecule has 4 heteroatoms. The number of carboxylic acids is 1. The summed E-state index contributed by atoms with van der Waals surface area (Å²) in [5.74, 6) is -0.206. The molecule has 130 valence electrons. The second-order valence-electron chi connectivity index (χ2n) is 7.16. The summed E-state index contributed by atoms with van der Waals surface area (Å²) >= 11 is 0. The molecule has 2 aromatic rings. The van der Waals surface area contributed by atoms with E-state index >= 15 is 0 Å². The first kappa shape index (κ1) is 17.2. The van der Waals surface area contributed by atoms with E-state index in [1.165, 1.54) is 22.9 Å². The number of allylic oxidation sites excluding steroid dienone is 2. The average Bonchev–Trinajstić information content (AvgIpc) is 2.60. The zero-order chi connectivity index (χ0) is 18.2. The lowest BCUT2D eigenvalue weighted by Crippen LogP contribution is -2.23. The molecule has 3 rings (SSSR count). The Kier molecular flexibility index (Phi) is 4.38. The summed E-state index contributed by atoms with van der Waals surface area (Å²) in [6.07, 6.45) is 4.77. The van der Waals surface area contributed by atoms with Gasteiger partial charge in [-0.1, -0.05) is 26.0 Å². The van der Waals surface area contributed by atoms with E-state index in [2.05, 4.69) is 61.9 Å². The first-order valence-corrected chi connectivity index (χ1v) is 8.62. The van der Waals surface area contributed by atoms with Gasteiger partial charge in [0.15, 0.2) is 0 Å². The van der Waals surface area contributed by atoms with Gasteiger partial charge in [0.25, 0.3) is 0 Å². The standard InChI is InChI=1S/C21H24N2O2/c1-5-23(19-9-6-15(13-22-19)20(24)25)16-7-8-18-17(12-16)14(2)10-11-21(18,3)4/h6-10,12-13H,5,11H2,1-4H3,(H,24,25). The third-order valence-electron chi connectivity index (χ3n) is 4.97. The molecule has 0 unspecified atom stereocenters. The van der Waals surface area contributed by atoms with Gasteiger partial charge in [-0.15, -0.1) is 0 Å². The molecule has 1 aliphatic rings. The van der Waals surface area contributed by atoms with Crippen molar-refractivity contribution in [1.82, 2.24) is 4.98 Å². The van der Waals surface area contributed by atoms with E-state index in [1.807, 2.05) is 0 Å². The van der Waals surface area contributed by atoms with Crippen molar-refractivity contribution in [3.05, 3.63) is 59.3 Å². The van der Waals surface area contributed by atoms with Crippen molar-refractivity contribution in [1.29, 1.82) is 0 Å². The van der Waals surface area contributed by atoms with E-state index < -0.39 is 5.97 Å². The highest BCUT2D eigenvalue weighted by molar-refractivity contribution is 5.87. The van der Waals surface area contributed by atoms with Crippen LogP contribution in [0.1, 0.15) is 55.6 Å². The van der Waals surface area contributed by atoms with Crippen molar-refractivity contribution < 1.29 is 9.90 Å². The lowest BCUT2D eigenvalue weighted by atomic mass is 9.73. The molecule has 0 spiro atoms. The maximum atomic E-state index is 11.0. The molecule has 0 saturated heterocycles. The lowest BCUT2D eigenvalue weighted by molar-refractivity contribution is 0.0696. The third-order valence-corrected chi connectivity index (χ3v) is 4.97. The minimum atomic E-state index is -0.959. The summed E-state index contributed by atoms with van der Waals surface area (Å²) < 4.78 is 0. The van der Waals surface area contributed by atoms with Crippen molar-refractivity contribution >= 4 is 23.0 Å². The number of aromatic carboxylic acids is 1. The Morgan fingerprint density at radius 2 is 2.04 bits per heavy atom. The molecule has 1 aliphatic carbocycles. The fraction of sp³-hybridized carbons (Fsp3) is 0.333. The fourth-order valence-electron chi connectivity index (χ4n) is 3.39. The molecule has 4 nitrogen and oxygen atoms in total. The number of hydrogen-bond acceptors (Lipinski definition) is 3.